The monoisotopic (exact) mass is 250 g/mol. The molecule has 0 aliphatic carbocycles. The van der Waals surface area contributed by atoms with E-state index >= 15 is 0 Å². The van der Waals surface area contributed by atoms with E-state index in [2.05, 4.69) is 5.32 Å². The normalized spacial score (nSPS) is 11.7. The molecule has 0 bridgehead atoms. The molecule has 1 amide bonds. The zero-order valence-electron chi connectivity index (χ0n) is 10.2. The van der Waals surface area contributed by atoms with Gasteiger partial charge in [0, 0.05) is 25.5 Å². The first-order valence-electron chi connectivity index (χ1n) is 5.41. The van der Waals surface area contributed by atoms with Crippen LogP contribution in [0.5, 0.6) is 0 Å². The fourth-order valence-corrected chi connectivity index (χ4v) is 1.64. The molecule has 0 spiro atoms. The van der Waals surface area contributed by atoms with Gasteiger partial charge >= 0.3 is 0 Å². The van der Waals surface area contributed by atoms with E-state index in [0.717, 1.165) is 0 Å². The Hall–Kier alpha value is -2.24. The van der Waals surface area contributed by atoms with Crippen molar-refractivity contribution in [3.8, 4) is 0 Å². The number of amides is 1. The van der Waals surface area contributed by atoms with Gasteiger partial charge in [-0.15, -0.1) is 0 Å². The molecule has 6 nitrogen and oxygen atoms in total. The molecule has 0 fully saturated rings. The highest BCUT2D eigenvalue weighted by Gasteiger charge is 2.17. The molecule has 1 rings (SSSR count). The van der Waals surface area contributed by atoms with Crippen molar-refractivity contribution in [2.45, 2.75) is 26.3 Å². The molecule has 96 valence electrons. The second-order valence-corrected chi connectivity index (χ2v) is 4.01. The van der Waals surface area contributed by atoms with Gasteiger partial charge in [0.2, 0.25) is 5.91 Å². The number of hydrogen-bond donors (Lipinski definition) is 1. The molecule has 0 saturated heterocycles. The Kier molecular flexibility index (Phi) is 4.53. The van der Waals surface area contributed by atoms with E-state index in [0.29, 0.717) is 5.56 Å². The number of hydrogen-bond acceptors (Lipinski definition) is 4. The SMILES string of the molecule is CC(=O)CC(NC(C)=O)c1cccc([N+](=O)[O-])c1. The zero-order valence-corrected chi connectivity index (χ0v) is 10.2. The van der Waals surface area contributed by atoms with Crippen LogP contribution in [-0.4, -0.2) is 16.6 Å². The van der Waals surface area contributed by atoms with Crippen LogP contribution in [-0.2, 0) is 9.59 Å². The standard InChI is InChI=1S/C12H14N2O4/c1-8(15)6-12(13-9(2)16)10-4-3-5-11(7-10)14(17)18/h3-5,7,12H,6H2,1-2H3,(H,13,16). The quantitative estimate of drug-likeness (QED) is 0.636. The number of carbonyl (C=O) groups is 2. The lowest BCUT2D eigenvalue weighted by Gasteiger charge is -2.16. The summed E-state index contributed by atoms with van der Waals surface area (Å²) in [7, 11) is 0. The summed E-state index contributed by atoms with van der Waals surface area (Å²) in [4.78, 5) is 32.4. The lowest BCUT2D eigenvalue weighted by atomic mass is 10.0. The zero-order chi connectivity index (χ0) is 13.7. The van der Waals surface area contributed by atoms with Gasteiger partial charge in [-0.2, -0.15) is 0 Å². The van der Waals surface area contributed by atoms with Gasteiger partial charge in [-0.05, 0) is 12.5 Å². The summed E-state index contributed by atoms with van der Waals surface area (Å²) in [5, 5.41) is 13.3. The number of benzene rings is 1. The van der Waals surface area contributed by atoms with Crippen molar-refractivity contribution in [1.29, 1.82) is 0 Å². The van der Waals surface area contributed by atoms with Gasteiger partial charge in [0.05, 0.1) is 11.0 Å². The van der Waals surface area contributed by atoms with E-state index in [1.807, 2.05) is 0 Å². The highest BCUT2D eigenvalue weighted by atomic mass is 16.6. The number of carbonyl (C=O) groups excluding carboxylic acids is 2. The molecule has 6 heteroatoms. The lowest BCUT2D eigenvalue weighted by Crippen LogP contribution is -2.27. The highest BCUT2D eigenvalue weighted by Crippen LogP contribution is 2.21. The molecular formula is C12H14N2O4. The minimum Gasteiger partial charge on any atom is -0.349 e. The molecule has 0 aromatic heterocycles. The van der Waals surface area contributed by atoms with Crippen LogP contribution in [0.1, 0.15) is 31.9 Å². The predicted octanol–water partition coefficient (Wildman–Crippen LogP) is 1.75. The Bertz CT molecular complexity index is 469. The van der Waals surface area contributed by atoms with Crippen molar-refractivity contribution in [3.63, 3.8) is 0 Å². The van der Waals surface area contributed by atoms with Crippen molar-refractivity contribution in [2.24, 2.45) is 0 Å². The van der Waals surface area contributed by atoms with Crippen molar-refractivity contribution in [2.75, 3.05) is 0 Å². The van der Waals surface area contributed by atoms with Gasteiger partial charge in [0.1, 0.15) is 5.78 Å². The van der Waals surface area contributed by atoms with Crippen LogP contribution in [0.2, 0.25) is 0 Å². The number of nitro benzene ring substituents is 1. The van der Waals surface area contributed by atoms with Gasteiger partial charge in [0.15, 0.2) is 0 Å². The average molecular weight is 250 g/mol. The molecular weight excluding hydrogens is 236 g/mol. The number of Topliss-reactive ketones (excluding diaryl/α,β-unsaturated/α-hetero) is 1. The number of non-ortho nitro benzene ring substituents is 1. The maximum absolute atomic E-state index is 11.1. The fraction of sp³-hybridized carbons (Fsp3) is 0.333. The van der Waals surface area contributed by atoms with Gasteiger partial charge in [-0.25, -0.2) is 0 Å². The molecule has 0 aliphatic heterocycles. The van der Waals surface area contributed by atoms with E-state index in [1.165, 1.54) is 32.0 Å². The maximum Gasteiger partial charge on any atom is 0.269 e. The van der Waals surface area contributed by atoms with Crippen LogP contribution in [0.3, 0.4) is 0 Å². The van der Waals surface area contributed by atoms with E-state index in [9.17, 15) is 19.7 Å². The number of nitrogens with one attached hydrogen (secondary N) is 1. The van der Waals surface area contributed by atoms with E-state index in [4.69, 9.17) is 0 Å². The van der Waals surface area contributed by atoms with Gasteiger partial charge in [0.25, 0.3) is 5.69 Å². The molecule has 0 aliphatic rings. The number of nitrogens with zero attached hydrogens (tertiary/aromatic N) is 1. The van der Waals surface area contributed by atoms with Gasteiger partial charge in [-0.1, -0.05) is 12.1 Å². The summed E-state index contributed by atoms with van der Waals surface area (Å²) in [6, 6.07) is 5.38. The summed E-state index contributed by atoms with van der Waals surface area (Å²) >= 11 is 0. The predicted molar refractivity (Wildman–Crippen MR) is 65.0 cm³/mol. The lowest BCUT2D eigenvalue weighted by molar-refractivity contribution is -0.384. The van der Waals surface area contributed by atoms with Gasteiger partial charge < -0.3 is 5.32 Å². The third kappa shape index (κ3) is 3.97. The van der Waals surface area contributed by atoms with E-state index < -0.39 is 11.0 Å². The topological polar surface area (TPSA) is 89.3 Å². The Morgan fingerprint density at radius 1 is 1.39 bits per heavy atom. The third-order valence-electron chi connectivity index (χ3n) is 2.35. The number of rotatable bonds is 5. The molecule has 1 aromatic rings. The van der Waals surface area contributed by atoms with Crippen molar-refractivity contribution >= 4 is 17.4 Å². The van der Waals surface area contributed by atoms with E-state index in [1.54, 1.807) is 6.07 Å². The Morgan fingerprint density at radius 2 is 2.06 bits per heavy atom. The van der Waals surface area contributed by atoms with Crippen LogP contribution in [0.15, 0.2) is 24.3 Å². The molecule has 0 radical (unpaired) electrons. The molecule has 1 atom stereocenters. The summed E-state index contributed by atoms with van der Waals surface area (Å²) < 4.78 is 0. The van der Waals surface area contributed by atoms with Crippen molar-refractivity contribution in [3.05, 3.63) is 39.9 Å². The molecule has 1 unspecified atom stereocenters. The Balaban J connectivity index is 3.03. The first kappa shape index (κ1) is 13.8. The second-order valence-electron chi connectivity index (χ2n) is 4.01. The highest BCUT2D eigenvalue weighted by molar-refractivity contribution is 5.78. The molecule has 0 saturated carbocycles. The molecule has 0 heterocycles. The van der Waals surface area contributed by atoms with E-state index in [-0.39, 0.29) is 23.8 Å². The summed E-state index contributed by atoms with van der Waals surface area (Å²) in [5.74, 6) is -0.381. The van der Waals surface area contributed by atoms with Crippen LogP contribution in [0, 0.1) is 10.1 Å². The van der Waals surface area contributed by atoms with Gasteiger partial charge in [-0.3, -0.25) is 19.7 Å². The molecule has 1 N–H and O–H groups in total. The Morgan fingerprint density at radius 3 is 2.56 bits per heavy atom. The van der Waals surface area contributed by atoms with Crippen LogP contribution < -0.4 is 5.32 Å². The summed E-state index contributed by atoms with van der Waals surface area (Å²) in [5.41, 5.74) is 0.487. The first-order valence-corrected chi connectivity index (χ1v) is 5.41. The Labute approximate surface area is 104 Å². The third-order valence-corrected chi connectivity index (χ3v) is 2.35. The minimum absolute atomic E-state index is 0.0635. The van der Waals surface area contributed by atoms with Crippen LogP contribution >= 0.6 is 0 Å². The van der Waals surface area contributed by atoms with Crippen LogP contribution in [0.25, 0.3) is 0 Å². The molecule has 1 aromatic carbocycles. The van der Waals surface area contributed by atoms with Crippen molar-refractivity contribution in [1.82, 2.24) is 5.32 Å². The number of nitro groups is 1. The summed E-state index contributed by atoms with van der Waals surface area (Å²) in [6.07, 6.45) is 0.112. The average Bonchev–Trinajstić information content (AvgIpc) is 2.27. The minimum atomic E-state index is -0.528. The van der Waals surface area contributed by atoms with Crippen molar-refractivity contribution < 1.29 is 14.5 Å². The largest absolute Gasteiger partial charge is 0.349 e. The first-order chi connectivity index (χ1) is 8.40. The fourth-order valence-electron chi connectivity index (χ4n) is 1.64. The summed E-state index contributed by atoms with van der Waals surface area (Å²) in [6.45, 7) is 2.75. The van der Waals surface area contributed by atoms with Crippen LogP contribution in [0.4, 0.5) is 5.69 Å². The smallest absolute Gasteiger partial charge is 0.269 e. The maximum atomic E-state index is 11.1. The number of ketones is 1. The second kappa shape index (κ2) is 5.90. The molecule has 18 heavy (non-hydrogen) atoms.